The molecule has 0 unspecified atom stereocenters. The third kappa shape index (κ3) is 3.36. The van der Waals surface area contributed by atoms with Crippen LogP contribution in [-0.2, 0) is 14.3 Å². The Bertz CT molecular complexity index is 269. The minimum absolute atomic E-state index is 0.192. The minimum atomic E-state index is -2.18. The molecule has 1 rings (SSSR count). The number of rotatable bonds is 4. The number of hydrogen-bond donors (Lipinski definition) is 4. The molecule has 1 aliphatic rings. The second-order valence-electron chi connectivity index (χ2n) is 4.07. The summed E-state index contributed by atoms with van der Waals surface area (Å²) in [5, 5.41) is 37.9. The van der Waals surface area contributed by atoms with Crippen molar-refractivity contribution < 1.29 is 34.7 Å². The third-order valence-electron chi connectivity index (χ3n) is 2.58. The zero-order valence-corrected chi connectivity index (χ0v) is 9.57. The van der Waals surface area contributed by atoms with Crippen molar-refractivity contribution in [3.05, 3.63) is 0 Å². The lowest BCUT2D eigenvalue weighted by atomic mass is 9.97. The van der Waals surface area contributed by atoms with Gasteiger partial charge in [0.25, 0.3) is 0 Å². The summed E-state index contributed by atoms with van der Waals surface area (Å²) in [5.41, 5.74) is 0. The van der Waals surface area contributed by atoms with E-state index in [2.05, 4.69) is 0 Å². The summed E-state index contributed by atoms with van der Waals surface area (Å²) >= 11 is 0. The molecule has 1 heterocycles. The van der Waals surface area contributed by atoms with Crippen LogP contribution < -0.4 is 0 Å². The van der Waals surface area contributed by atoms with E-state index in [9.17, 15) is 25.2 Å². The predicted octanol–water partition coefficient (Wildman–Crippen LogP) is -1.87. The molecule has 0 aromatic rings. The van der Waals surface area contributed by atoms with Crippen molar-refractivity contribution in [3.8, 4) is 0 Å². The van der Waals surface area contributed by atoms with Gasteiger partial charge in [-0.05, 0) is 6.42 Å². The maximum Gasteiger partial charge on any atom is 0.305 e. The Balaban J connectivity index is 2.53. The topological polar surface area (TPSA) is 116 Å². The van der Waals surface area contributed by atoms with Crippen LogP contribution in [0.1, 0.15) is 19.8 Å². The van der Waals surface area contributed by atoms with Crippen LogP contribution in [0.15, 0.2) is 0 Å². The van der Waals surface area contributed by atoms with Gasteiger partial charge >= 0.3 is 5.97 Å². The largest absolute Gasteiger partial charge is 0.460 e. The lowest BCUT2D eigenvalue weighted by Crippen LogP contribution is -2.63. The Hall–Kier alpha value is -0.730. The normalized spacial score (nSPS) is 37.8. The Morgan fingerprint density at radius 1 is 1.47 bits per heavy atom. The number of ether oxygens (including phenoxy) is 2. The summed E-state index contributed by atoms with van der Waals surface area (Å²) in [4.78, 5) is 11.1. The Morgan fingerprint density at radius 3 is 2.71 bits per heavy atom. The second-order valence-corrected chi connectivity index (χ2v) is 4.07. The fourth-order valence-corrected chi connectivity index (χ4v) is 1.48. The van der Waals surface area contributed by atoms with Crippen molar-refractivity contribution in [3.63, 3.8) is 0 Å². The van der Waals surface area contributed by atoms with E-state index >= 15 is 0 Å². The van der Waals surface area contributed by atoms with Crippen LogP contribution in [0.5, 0.6) is 0 Å². The van der Waals surface area contributed by atoms with Gasteiger partial charge in [0.2, 0.25) is 5.79 Å². The first-order valence-corrected chi connectivity index (χ1v) is 5.47. The molecular formula is C10H18O7. The van der Waals surface area contributed by atoms with Crippen molar-refractivity contribution >= 4 is 5.97 Å². The van der Waals surface area contributed by atoms with Crippen molar-refractivity contribution in [1.29, 1.82) is 0 Å². The van der Waals surface area contributed by atoms with Gasteiger partial charge in [0.15, 0.2) is 0 Å². The van der Waals surface area contributed by atoms with Gasteiger partial charge in [-0.25, -0.2) is 0 Å². The molecular weight excluding hydrogens is 232 g/mol. The van der Waals surface area contributed by atoms with Gasteiger partial charge in [-0.15, -0.1) is 0 Å². The molecule has 0 aromatic heterocycles. The van der Waals surface area contributed by atoms with Crippen molar-refractivity contribution in [2.24, 2.45) is 0 Å². The van der Waals surface area contributed by atoms with E-state index in [4.69, 9.17) is 9.47 Å². The van der Waals surface area contributed by atoms with Crippen LogP contribution in [0.3, 0.4) is 0 Å². The molecule has 4 atom stereocenters. The van der Waals surface area contributed by atoms with E-state index in [1.54, 1.807) is 6.92 Å². The fraction of sp³-hybridized carbons (Fsp3) is 0.900. The molecule has 0 saturated carbocycles. The summed E-state index contributed by atoms with van der Waals surface area (Å²) in [6.45, 7) is 0.860. The Morgan fingerprint density at radius 2 is 2.12 bits per heavy atom. The summed E-state index contributed by atoms with van der Waals surface area (Å²) in [6.07, 6.45) is -3.77. The van der Waals surface area contributed by atoms with Crippen molar-refractivity contribution in [2.45, 2.75) is 43.9 Å². The van der Waals surface area contributed by atoms with E-state index in [0.29, 0.717) is 6.42 Å². The van der Waals surface area contributed by atoms with Gasteiger partial charge in [-0.3, -0.25) is 4.79 Å². The number of esters is 1. The zero-order chi connectivity index (χ0) is 13.1. The monoisotopic (exact) mass is 250 g/mol. The summed E-state index contributed by atoms with van der Waals surface area (Å²) < 4.78 is 9.52. The molecule has 4 N–H and O–H groups in total. The first kappa shape index (κ1) is 14.3. The Kier molecular flexibility index (Phi) is 4.84. The van der Waals surface area contributed by atoms with Crippen LogP contribution in [-0.4, -0.2) is 63.7 Å². The van der Waals surface area contributed by atoms with E-state index in [1.807, 2.05) is 0 Å². The molecule has 7 nitrogen and oxygen atoms in total. The molecule has 1 fully saturated rings. The SMILES string of the molecule is CCCC(=O)OC[C@]1(O)OC[C@@H](O)[C@H](O)[C@H]1O. The van der Waals surface area contributed by atoms with Gasteiger partial charge in [-0.1, -0.05) is 6.92 Å². The van der Waals surface area contributed by atoms with Gasteiger partial charge < -0.3 is 29.9 Å². The van der Waals surface area contributed by atoms with Crippen LogP contribution in [0, 0.1) is 0 Å². The molecule has 0 aliphatic carbocycles. The van der Waals surface area contributed by atoms with E-state index in [1.165, 1.54) is 0 Å². The average Bonchev–Trinajstić information content (AvgIpc) is 2.30. The molecule has 7 heteroatoms. The molecule has 17 heavy (non-hydrogen) atoms. The van der Waals surface area contributed by atoms with Crippen LogP contribution >= 0.6 is 0 Å². The highest BCUT2D eigenvalue weighted by Crippen LogP contribution is 2.24. The molecule has 0 bridgehead atoms. The number of carbonyl (C=O) groups is 1. The number of carbonyl (C=O) groups excluding carboxylic acids is 1. The second kappa shape index (κ2) is 5.74. The van der Waals surface area contributed by atoms with E-state index < -0.39 is 36.7 Å². The third-order valence-corrected chi connectivity index (χ3v) is 2.58. The van der Waals surface area contributed by atoms with Gasteiger partial charge in [-0.2, -0.15) is 0 Å². The molecule has 0 aromatic carbocycles. The molecule has 0 radical (unpaired) electrons. The molecule has 1 saturated heterocycles. The number of aliphatic hydroxyl groups excluding tert-OH is 3. The van der Waals surface area contributed by atoms with Crippen LogP contribution in [0.25, 0.3) is 0 Å². The van der Waals surface area contributed by atoms with Gasteiger partial charge in [0, 0.05) is 6.42 Å². The van der Waals surface area contributed by atoms with Crippen LogP contribution in [0.2, 0.25) is 0 Å². The molecule has 0 spiro atoms. The average molecular weight is 250 g/mol. The highest BCUT2D eigenvalue weighted by atomic mass is 16.7. The van der Waals surface area contributed by atoms with Gasteiger partial charge in [0.05, 0.1) is 6.61 Å². The highest BCUT2D eigenvalue weighted by molar-refractivity contribution is 5.69. The Labute approximate surface area is 98.6 Å². The molecule has 100 valence electrons. The molecule has 0 amide bonds. The maximum atomic E-state index is 11.1. The standard InChI is InChI=1S/C10H18O7/c1-2-3-7(12)16-5-10(15)9(14)8(13)6(11)4-17-10/h6,8-9,11,13-15H,2-5H2,1H3/t6-,8+,9-,10+/m1/s1. The molecule has 1 aliphatic heterocycles. The lowest BCUT2D eigenvalue weighted by Gasteiger charge is -2.40. The first-order chi connectivity index (χ1) is 7.90. The quantitative estimate of drug-likeness (QED) is 0.432. The predicted molar refractivity (Wildman–Crippen MR) is 54.8 cm³/mol. The van der Waals surface area contributed by atoms with Crippen molar-refractivity contribution in [2.75, 3.05) is 13.2 Å². The highest BCUT2D eigenvalue weighted by Gasteiger charge is 2.49. The zero-order valence-electron chi connectivity index (χ0n) is 9.57. The lowest BCUT2D eigenvalue weighted by molar-refractivity contribution is -0.332. The fourth-order valence-electron chi connectivity index (χ4n) is 1.48. The van der Waals surface area contributed by atoms with E-state index in [-0.39, 0.29) is 13.0 Å². The smallest absolute Gasteiger partial charge is 0.305 e. The minimum Gasteiger partial charge on any atom is -0.460 e. The summed E-state index contributed by atoms with van der Waals surface area (Å²) in [6, 6.07) is 0. The maximum absolute atomic E-state index is 11.1. The summed E-state index contributed by atoms with van der Waals surface area (Å²) in [5.74, 6) is -2.71. The number of hydrogen-bond acceptors (Lipinski definition) is 7. The van der Waals surface area contributed by atoms with E-state index in [0.717, 1.165) is 0 Å². The first-order valence-electron chi connectivity index (χ1n) is 5.47. The van der Waals surface area contributed by atoms with Gasteiger partial charge in [0.1, 0.15) is 24.9 Å². The summed E-state index contributed by atoms with van der Waals surface area (Å²) in [7, 11) is 0. The van der Waals surface area contributed by atoms with Crippen molar-refractivity contribution in [1.82, 2.24) is 0 Å². The van der Waals surface area contributed by atoms with Crippen LogP contribution in [0.4, 0.5) is 0 Å². The number of aliphatic hydroxyl groups is 4.